The SMILES string of the molecule is CCNC(CC1CC2CCC1C2)C(C)(C)OC. The van der Waals surface area contributed by atoms with Crippen LogP contribution in [-0.4, -0.2) is 25.3 Å². The van der Waals surface area contributed by atoms with Gasteiger partial charge in [0.25, 0.3) is 0 Å². The molecule has 2 aliphatic rings. The van der Waals surface area contributed by atoms with Gasteiger partial charge in [-0.25, -0.2) is 0 Å². The average Bonchev–Trinajstić information content (AvgIpc) is 2.90. The van der Waals surface area contributed by atoms with E-state index in [1.807, 2.05) is 7.11 Å². The van der Waals surface area contributed by atoms with Crippen molar-refractivity contribution in [3.8, 4) is 0 Å². The van der Waals surface area contributed by atoms with Gasteiger partial charge < -0.3 is 10.1 Å². The summed E-state index contributed by atoms with van der Waals surface area (Å²) in [5.41, 5.74) is -0.0438. The van der Waals surface area contributed by atoms with Gasteiger partial charge in [0, 0.05) is 13.2 Å². The van der Waals surface area contributed by atoms with Crippen molar-refractivity contribution in [1.29, 1.82) is 0 Å². The first kappa shape index (κ1) is 13.4. The first-order valence-electron chi connectivity index (χ1n) is 7.35. The van der Waals surface area contributed by atoms with Crippen molar-refractivity contribution < 1.29 is 4.74 Å². The van der Waals surface area contributed by atoms with Gasteiger partial charge in [-0.1, -0.05) is 13.3 Å². The molecule has 0 amide bonds. The molecule has 2 aliphatic carbocycles. The van der Waals surface area contributed by atoms with Crippen LogP contribution in [0.25, 0.3) is 0 Å². The molecule has 4 atom stereocenters. The number of hydrogen-bond acceptors (Lipinski definition) is 2. The molecule has 0 radical (unpaired) electrons. The van der Waals surface area contributed by atoms with E-state index >= 15 is 0 Å². The Morgan fingerprint density at radius 1 is 1.29 bits per heavy atom. The van der Waals surface area contributed by atoms with Gasteiger partial charge in [0.2, 0.25) is 0 Å². The number of ether oxygens (including phenoxy) is 1. The second-order valence-corrected chi connectivity index (χ2v) is 6.59. The maximum absolute atomic E-state index is 5.68. The molecule has 4 unspecified atom stereocenters. The van der Waals surface area contributed by atoms with E-state index in [1.54, 1.807) is 0 Å². The Kier molecular flexibility index (Phi) is 4.14. The van der Waals surface area contributed by atoms with Crippen molar-refractivity contribution in [2.24, 2.45) is 17.8 Å². The second-order valence-electron chi connectivity index (χ2n) is 6.59. The summed E-state index contributed by atoms with van der Waals surface area (Å²) in [5.74, 6) is 3.03. The van der Waals surface area contributed by atoms with Crippen LogP contribution in [0.15, 0.2) is 0 Å². The number of rotatable bonds is 6. The number of likely N-dealkylation sites (N-methyl/N-ethyl adjacent to an activating group) is 1. The minimum absolute atomic E-state index is 0.0438. The van der Waals surface area contributed by atoms with E-state index in [2.05, 4.69) is 26.1 Å². The largest absolute Gasteiger partial charge is 0.377 e. The Morgan fingerprint density at radius 2 is 2.06 bits per heavy atom. The molecule has 2 bridgehead atoms. The van der Waals surface area contributed by atoms with Crippen molar-refractivity contribution in [3.05, 3.63) is 0 Å². The van der Waals surface area contributed by atoms with Gasteiger partial charge in [0.1, 0.15) is 0 Å². The molecular weight excluding hydrogens is 210 g/mol. The van der Waals surface area contributed by atoms with Crippen molar-refractivity contribution in [3.63, 3.8) is 0 Å². The van der Waals surface area contributed by atoms with Gasteiger partial charge >= 0.3 is 0 Å². The van der Waals surface area contributed by atoms with Gasteiger partial charge in [0.15, 0.2) is 0 Å². The zero-order valence-electron chi connectivity index (χ0n) is 12.0. The van der Waals surface area contributed by atoms with E-state index < -0.39 is 0 Å². The Labute approximate surface area is 107 Å². The number of hydrogen-bond donors (Lipinski definition) is 1. The number of nitrogens with one attached hydrogen (secondary N) is 1. The van der Waals surface area contributed by atoms with Crippen molar-refractivity contribution in [2.45, 2.75) is 64.5 Å². The Hall–Kier alpha value is -0.0800. The lowest BCUT2D eigenvalue weighted by atomic mass is 9.80. The molecule has 0 aliphatic heterocycles. The predicted octanol–water partition coefficient (Wildman–Crippen LogP) is 3.22. The molecule has 0 aromatic carbocycles. The lowest BCUT2D eigenvalue weighted by Gasteiger charge is -2.37. The highest BCUT2D eigenvalue weighted by Crippen LogP contribution is 2.50. The second kappa shape index (κ2) is 5.27. The molecule has 100 valence electrons. The Bertz CT molecular complexity index is 251. The molecule has 0 saturated heterocycles. The monoisotopic (exact) mass is 239 g/mol. The van der Waals surface area contributed by atoms with Crippen molar-refractivity contribution in [2.75, 3.05) is 13.7 Å². The fourth-order valence-corrected chi connectivity index (χ4v) is 3.97. The molecule has 2 nitrogen and oxygen atoms in total. The van der Waals surface area contributed by atoms with Crippen LogP contribution in [0.4, 0.5) is 0 Å². The Morgan fingerprint density at radius 3 is 2.53 bits per heavy atom. The summed E-state index contributed by atoms with van der Waals surface area (Å²) in [6.07, 6.45) is 7.28. The van der Waals surface area contributed by atoms with Gasteiger partial charge in [-0.3, -0.25) is 0 Å². The summed E-state index contributed by atoms with van der Waals surface area (Å²) in [4.78, 5) is 0. The molecule has 2 fully saturated rings. The normalized spacial score (nSPS) is 34.2. The average molecular weight is 239 g/mol. The third kappa shape index (κ3) is 2.85. The topological polar surface area (TPSA) is 21.3 Å². The quantitative estimate of drug-likeness (QED) is 0.768. The highest BCUT2D eigenvalue weighted by molar-refractivity contribution is 4.95. The van der Waals surface area contributed by atoms with Gasteiger partial charge in [0.05, 0.1) is 5.60 Å². The molecular formula is C15H29NO. The number of fused-ring (bicyclic) bond motifs is 2. The van der Waals surface area contributed by atoms with Crippen LogP contribution in [0, 0.1) is 17.8 Å². The highest BCUT2D eigenvalue weighted by atomic mass is 16.5. The van der Waals surface area contributed by atoms with Gasteiger partial charge in [-0.15, -0.1) is 0 Å². The summed E-state index contributed by atoms with van der Waals surface area (Å²) in [7, 11) is 1.84. The summed E-state index contributed by atoms with van der Waals surface area (Å²) in [6, 6.07) is 0.502. The molecule has 0 aromatic rings. The van der Waals surface area contributed by atoms with Crippen LogP contribution in [0.5, 0.6) is 0 Å². The first-order valence-corrected chi connectivity index (χ1v) is 7.35. The third-order valence-corrected chi connectivity index (χ3v) is 5.24. The van der Waals surface area contributed by atoms with E-state index in [-0.39, 0.29) is 5.60 Å². The van der Waals surface area contributed by atoms with E-state index in [0.717, 1.165) is 24.3 Å². The van der Waals surface area contributed by atoms with Crippen LogP contribution in [-0.2, 0) is 4.74 Å². The number of methoxy groups -OCH3 is 1. The van der Waals surface area contributed by atoms with Crippen LogP contribution in [0.1, 0.15) is 52.9 Å². The smallest absolute Gasteiger partial charge is 0.0775 e. The molecule has 0 heterocycles. The fourth-order valence-electron chi connectivity index (χ4n) is 3.97. The van der Waals surface area contributed by atoms with E-state index in [9.17, 15) is 0 Å². The first-order chi connectivity index (χ1) is 8.06. The zero-order chi connectivity index (χ0) is 12.5. The maximum atomic E-state index is 5.68. The Balaban J connectivity index is 1.93. The molecule has 0 aromatic heterocycles. The predicted molar refractivity (Wildman–Crippen MR) is 72.1 cm³/mol. The van der Waals surface area contributed by atoms with E-state index in [1.165, 1.54) is 32.1 Å². The molecule has 2 heteroatoms. The minimum Gasteiger partial charge on any atom is -0.377 e. The van der Waals surface area contributed by atoms with Crippen LogP contribution in [0.2, 0.25) is 0 Å². The standard InChI is InChI=1S/C15H29NO/c1-5-16-14(15(2,3)17-4)10-13-9-11-6-7-12(13)8-11/h11-14,16H,5-10H2,1-4H3. The highest BCUT2D eigenvalue weighted by Gasteiger charge is 2.42. The maximum Gasteiger partial charge on any atom is 0.0775 e. The zero-order valence-corrected chi connectivity index (χ0v) is 12.0. The van der Waals surface area contributed by atoms with Crippen LogP contribution >= 0.6 is 0 Å². The van der Waals surface area contributed by atoms with Crippen molar-refractivity contribution >= 4 is 0 Å². The minimum atomic E-state index is -0.0438. The summed E-state index contributed by atoms with van der Waals surface area (Å²) >= 11 is 0. The van der Waals surface area contributed by atoms with Gasteiger partial charge in [-0.05, 0) is 63.8 Å². The third-order valence-electron chi connectivity index (χ3n) is 5.24. The molecule has 2 rings (SSSR count). The lowest BCUT2D eigenvalue weighted by Crippen LogP contribution is -2.49. The van der Waals surface area contributed by atoms with E-state index in [0.29, 0.717) is 6.04 Å². The van der Waals surface area contributed by atoms with Crippen LogP contribution < -0.4 is 5.32 Å². The van der Waals surface area contributed by atoms with Crippen molar-refractivity contribution in [1.82, 2.24) is 5.32 Å². The summed E-state index contributed by atoms with van der Waals surface area (Å²) in [5, 5.41) is 3.64. The molecule has 1 N–H and O–H groups in total. The van der Waals surface area contributed by atoms with Crippen LogP contribution in [0.3, 0.4) is 0 Å². The van der Waals surface area contributed by atoms with E-state index in [4.69, 9.17) is 4.74 Å². The lowest BCUT2D eigenvalue weighted by molar-refractivity contribution is -0.0187. The molecule has 17 heavy (non-hydrogen) atoms. The fraction of sp³-hybridized carbons (Fsp3) is 1.00. The molecule has 2 saturated carbocycles. The summed E-state index contributed by atoms with van der Waals surface area (Å²) < 4.78 is 5.68. The van der Waals surface area contributed by atoms with Gasteiger partial charge in [-0.2, -0.15) is 0 Å². The molecule has 0 spiro atoms. The summed E-state index contributed by atoms with van der Waals surface area (Å²) in [6.45, 7) is 7.67.